The number of aliphatic hydroxyl groups is 1. The van der Waals surface area contributed by atoms with Crippen molar-refractivity contribution in [3.63, 3.8) is 0 Å². The lowest BCUT2D eigenvalue weighted by Crippen LogP contribution is -2.19. The fourth-order valence-corrected chi connectivity index (χ4v) is 1.67. The molecule has 0 saturated heterocycles. The molecule has 20 heavy (non-hydrogen) atoms. The highest BCUT2D eigenvalue weighted by Gasteiger charge is 2.08. The first-order chi connectivity index (χ1) is 9.70. The van der Waals surface area contributed by atoms with Gasteiger partial charge >= 0.3 is 0 Å². The first kappa shape index (κ1) is 13.8. The van der Waals surface area contributed by atoms with Crippen molar-refractivity contribution in [2.75, 3.05) is 0 Å². The Hall–Kier alpha value is -2.66. The van der Waals surface area contributed by atoms with Crippen LogP contribution < -0.4 is 5.43 Å². The summed E-state index contributed by atoms with van der Waals surface area (Å²) in [7, 11) is 0. The molecule has 2 aromatic carbocycles. The first-order valence-electron chi connectivity index (χ1n) is 6.02. The second kappa shape index (κ2) is 6.49. The Bertz CT molecular complexity index is 621. The number of nitrogens with zero attached hydrogens (tertiary/aromatic N) is 1. The molecule has 0 heterocycles. The molecule has 0 aromatic heterocycles. The second-order valence-electron chi connectivity index (χ2n) is 4.11. The van der Waals surface area contributed by atoms with Gasteiger partial charge in [0.15, 0.2) is 0 Å². The van der Waals surface area contributed by atoms with Gasteiger partial charge in [-0.2, -0.15) is 5.10 Å². The molecule has 1 amide bonds. The summed E-state index contributed by atoms with van der Waals surface area (Å²) in [5.74, 6) is -0.215. The highest BCUT2D eigenvalue weighted by Crippen LogP contribution is 2.09. The Balaban J connectivity index is 2.03. The SMILES string of the molecule is O=C(NN=Cc1ccc(O)cc1)c1ccccc1CO. The van der Waals surface area contributed by atoms with E-state index in [-0.39, 0.29) is 18.3 Å². The van der Waals surface area contributed by atoms with Crippen LogP contribution in [-0.4, -0.2) is 22.3 Å². The highest BCUT2D eigenvalue weighted by atomic mass is 16.3. The van der Waals surface area contributed by atoms with Gasteiger partial charge in [-0.3, -0.25) is 4.79 Å². The Labute approximate surface area is 116 Å². The van der Waals surface area contributed by atoms with Gasteiger partial charge in [-0.1, -0.05) is 18.2 Å². The normalized spacial score (nSPS) is 10.7. The number of phenolic OH excluding ortho intramolecular Hbond substituents is 1. The van der Waals surface area contributed by atoms with E-state index in [4.69, 9.17) is 10.2 Å². The van der Waals surface area contributed by atoms with Gasteiger partial charge in [0.25, 0.3) is 5.91 Å². The van der Waals surface area contributed by atoms with E-state index in [9.17, 15) is 4.79 Å². The average molecular weight is 270 g/mol. The number of carbonyl (C=O) groups is 1. The minimum Gasteiger partial charge on any atom is -0.508 e. The molecule has 2 aromatic rings. The summed E-state index contributed by atoms with van der Waals surface area (Å²) < 4.78 is 0. The zero-order valence-electron chi connectivity index (χ0n) is 10.7. The van der Waals surface area contributed by atoms with Gasteiger partial charge in [0.1, 0.15) is 5.75 Å². The molecule has 0 aliphatic heterocycles. The van der Waals surface area contributed by atoms with Crippen LogP contribution >= 0.6 is 0 Å². The van der Waals surface area contributed by atoms with Crippen molar-refractivity contribution >= 4 is 12.1 Å². The Morgan fingerprint density at radius 2 is 1.85 bits per heavy atom. The summed E-state index contributed by atoms with van der Waals surface area (Å²) in [6, 6.07) is 13.2. The maximum absolute atomic E-state index is 11.9. The van der Waals surface area contributed by atoms with Crippen molar-refractivity contribution in [2.45, 2.75) is 6.61 Å². The molecule has 0 bridgehead atoms. The monoisotopic (exact) mass is 270 g/mol. The number of phenols is 1. The van der Waals surface area contributed by atoms with Crippen LogP contribution in [0.3, 0.4) is 0 Å². The van der Waals surface area contributed by atoms with Crippen molar-refractivity contribution in [3.8, 4) is 5.75 Å². The standard InChI is InChI=1S/C15H14N2O3/c18-10-12-3-1-2-4-14(12)15(20)17-16-9-11-5-7-13(19)8-6-11/h1-9,18-19H,10H2,(H,17,20). The van der Waals surface area contributed by atoms with Gasteiger partial charge in [-0.15, -0.1) is 0 Å². The Morgan fingerprint density at radius 1 is 1.15 bits per heavy atom. The lowest BCUT2D eigenvalue weighted by atomic mass is 10.1. The van der Waals surface area contributed by atoms with E-state index in [1.807, 2.05) is 0 Å². The minimum absolute atomic E-state index is 0.169. The quantitative estimate of drug-likeness (QED) is 0.583. The lowest BCUT2D eigenvalue weighted by Gasteiger charge is -2.04. The largest absolute Gasteiger partial charge is 0.508 e. The van der Waals surface area contributed by atoms with Crippen LogP contribution in [0, 0.1) is 0 Å². The van der Waals surface area contributed by atoms with Gasteiger partial charge in [0.05, 0.1) is 12.8 Å². The molecule has 0 unspecified atom stereocenters. The zero-order chi connectivity index (χ0) is 14.4. The van der Waals surface area contributed by atoms with Gasteiger partial charge in [0.2, 0.25) is 0 Å². The number of benzene rings is 2. The lowest BCUT2D eigenvalue weighted by molar-refractivity contribution is 0.0952. The number of rotatable bonds is 4. The number of hydrogen-bond donors (Lipinski definition) is 3. The van der Waals surface area contributed by atoms with Gasteiger partial charge in [-0.25, -0.2) is 5.43 Å². The summed E-state index contributed by atoms with van der Waals surface area (Å²) in [4.78, 5) is 11.9. The summed E-state index contributed by atoms with van der Waals surface area (Å²) in [6.07, 6.45) is 1.47. The van der Waals surface area contributed by atoms with E-state index in [0.717, 1.165) is 5.56 Å². The summed E-state index contributed by atoms with van der Waals surface area (Å²) in [5, 5.41) is 22.1. The third kappa shape index (κ3) is 3.43. The fourth-order valence-electron chi connectivity index (χ4n) is 1.67. The van der Waals surface area contributed by atoms with Crippen LogP contribution in [0.15, 0.2) is 53.6 Å². The summed E-state index contributed by atoms with van der Waals surface area (Å²) >= 11 is 0. The van der Waals surface area contributed by atoms with Gasteiger partial charge < -0.3 is 10.2 Å². The van der Waals surface area contributed by atoms with E-state index >= 15 is 0 Å². The number of aromatic hydroxyl groups is 1. The van der Waals surface area contributed by atoms with E-state index in [0.29, 0.717) is 11.1 Å². The molecule has 0 atom stereocenters. The van der Waals surface area contributed by atoms with E-state index < -0.39 is 0 Å². The second-order valence-corrected chi connectivity index (χ2v) is 4.11. The molecular weight excluding hydrogens is 256 g/mol. The zero-order valence-corrected chi connectivity index (χ0v) is 10.7. The maximum atomic E-state index is 11.9. The van der Waals surface area contributed by atoms with Gasteiger partial charge in [0, 0.05) is 5.56 Å². The molecular formula is C15H14N2O3. The van der Waals surface area contributed by atoms with E-state index in [1.54, 1.807) is 36.4 Å². The molecule has 5 heteroatoms. The maximum Gasteiger partial charge on any atom is 0.271 e. The van der Waals surface area contributed by atoms with Crippen LogP contribution in [0.4, 0.5) is 0 Å². The van der Waals surface area contributed by atoms with Crippen LogP contribution in [0.25, 0.3) is 0 Å². The molecule has 5 nitrogen and oxygen atoms in total. The Kier molecular flexibility index (Phi) is 4.47. The fraction of sp³-hybridized carbons (Fsp3) is 0.0667. The number of amides is 1. The number of hydrogen-bond acceptors (Lipinski definition) is 4. The highest BCUT2D eigenvalue weighted by molar-refractivity contribution is 5.96. The molecule has 2 rings (SSSR count). The smallest absolute Gasteiger partial charge is 0.271 e. The molecule has 0 aliphatic rings. The predicted molar refractivity (Wildman–Crippen MR) is 75.5 cm³/mol. The summed E-state index contributed by atoms with van der Waals surface area (Å²) in [5.41, 5.74) is 4.08. The van der Waals surface area contributed by atoms with Crippen LogP contribution in [0.5, 0.6) is 5.75 Å². The number of carbonyl (C=O) groups excluding carboxylic acids is 1. The third-order valence-corrected chi connectivity index (χ3v) is 2.71. The third-order valence-electron chi connectivity index (χ3n) is 2.71. The van der Waals surface area contributed by atoms with E-state index in [2.05, 4.69) is 10.5 Å². The van der Waals surface area contributed by atoms with Crippen LogP contribution in [0.1, 0.15) is 21.5 Å². The van der Waals surface area contributed by atoms with E-state index in [1.165, 1.54) is 18.3 Å². The van der Waals surface area contributed by atoms with Crippen molar-refractivity contribution in [3.05, 3.63) is 65.2 Å². The molecule has 0 spiro atoms. The Morgan fingerprint density at radius 3 is 2.55 bits per heavy atom. The number of nitrogens with one attached hydrogen (secondary N) is 1. The molecule has 102 valence electrons. The van der Waals surface area contributed by atoms with Crippen molar-refractivity contribution in [1.82, 2.24) is 5.43 Å². The van der Waals surface area contributed by atoms with Crippen molar-refractivity contribution in [1.29, 1.82) is 0 Å². The first-order valence-corrected chi connectivity index (χ1v) is 6.02. The van der Waals surface area contributed by atoms with Crippen molar-refractivity contribution in [2.24, 2.45) is 5.10 Å². The predicted octanol–water partition coefficient (Wildman–Crippen LogP) is 1.65. The molecule has 0 fully saturated rings. The number of hydrazone groups is 1. The minimum atomic E-state index is -0.385. The summed E-state index contributed by atoms with van der Waals surface area (Å²) in [6.45, 7) is -0.203. The molecule has 0 aliphatic carbocycles. The van der Waals surface area contributed by atoms with Crippen LogP contribution in [-0.2, 0) is 6.61 Å². The molecule has 3 N–H and O–H groups in total. The molecule has 0 saturated carbocycles. The van der Waals surface area contributed by atoms with Crippen LogP contribution in [0.2, 0.25) is 0 Å². The average Bonchev–Trinajstić information content (AvgIpc) is 2.49. The molecule has 0 radical (unpaired) electrons. The van der Waals surface area contributed by atoms with Crippen molar-refractivity contribution < 1.29 is 15.0 Å². The topological polar surface area (TPSA) is 81.9 Å². The van der Waals surface area contributed by atoms with Gasteiger partial charge in [-0.05, 0) is 41.5 Å². The number of aliphatic hydroxyl groups excluding tert-OH is 1.